The Morgan fingerprint density at radius 1 is 1.14 bits per heavy atom. The highest BCUT2D eigenvalue weighted by atomic mass is 16.2. The second-order valence-corrected chi connectivity index (χ2v) is 7.98. The predicted molar refractivity (Wildman–Crippen MR) is 115 cm³/mol. The Hall–Kier alpha value is -3.01. The second-order valence-electron chi connectivity index (χ2n) is 7.98. The molecule has 3 aromatic rings. The normalized spacial score (nSPS) is 16.6. The van der Waals surface area contributed by atoms with Gasteiger partial charge < -0.3 is 4.90 Å². The Labute approximate surface area is 172 Å². The lowest BCUT2D eigenvalue weighted by Gasteiger charge is -2.32. The van der Waals surface area contributed by atoms with Crippen LogP contribution < -0.4 is 0 Å². The summed E-state index contributed by atoms with van der Waals surface area (Å²) in [5.41, 5.74) is 6.76. The highest BCUT2D eigenvalue weighted by Gasteiger charge is 2.26. The lowest BCUT2D eigenvalue weighted by Crippen LogP contribution is -2.39. The van der Waals surface area contributed by atoms with Crippen LogP contribution >= 0.6 is 0 Å². The van der Waals surface area contributed by atoms with Gasteiger partial charge in [-0.25, -0.2) is 0 Å². The molecule has 0 spiro atoms. The van der Waals surface area contributed by atoms with Crippen molar-refractivity contribution in [3.05, 3.63) is 94.6 Å². The molecule has 4 nitrogen and oxygen atoms in total. The van der Waals surface area contributed by atoms with E-state index in [1.165, 1.54) is 16.7 Å². The first-order valence-corrected chi connectivity index (χ1v) is 10.3. The first kappa shape index (κ1) is 19.3. The molecule has 0 radical (unpaired) electrons. The van der Waals surface area contributed by atoms with Gasteiger partial charge in [-0.05, 0) is 74.1 Å². The second kappa shape index (κ2) is 8.56. The van der Waals surface area contributed by atoms with Crippen LogP contribution in [0.4, 0.5) is 0 Å². The molecule has 0 N–H and O–H groups in total. The third kappa shape index (κ3) is 4.53. The van der Waals surface area contributed by atoms with Gasteiger partial charge in [-0.15, -0.1) is 0 Å². The minimum atomic E-state index is 0.0654. The summed E-state index contributed by atoms with van der Waals surface area (Å²) in [6, 6.07) is 16.6. The molecule has 0 aliphatic carbocycles. The molecule has 3 heterocycles. The van der Waals surface area contributed by atoms with E-state index in [1.807, 2.05) is 17.0 Å². The molecule has 148 valence electrons. The fourth-order valence-corrected chi connectivity index (χ4v) is 4.18. The number of carbonyl (C=O) groups excluding carboxylic acids is 1. The zero-order chi connectivity index (χ0) is 20.2. The minimum Gasteiger partial charge on any atom is -0.338 e. The molecule has 1 saturated heterocycles. The SMILES string of the molecule is Cc1cc(Cc2ccccc2C)cc(C2CCCN(C(=O)c3cccnc3)C2)n1. The number of hydrogen-bond acceptors (Lipinski definition) is 3. The van der Waals surface area contributed by atoms with Crippen LogP contribution in [0.5, 0.6) is 0 Å². The maximum absolute atomic E-state index is 12.9. The number of pyridine rings is 2. The Morgan fingerprint density at radius 3 is 2.79 bits per heavy atom. The quantitative estimate of drug-likeness (QED) is 0.654. The van der Waals surface area contributed by atoms with Crippen molar-refractivity contribution in [3.63, 3.8) is 0 Å². The topological polar surface area (TPSA) is 46.1 Å². The number of aromatic nitrogens is 2. The van der Waals surface area contributed by atoms with Crippen molar-refractivity contribution in [2.75, 3.05) is 13.1 Å². The van der Waals surface area contributed by atoms with Crippen molar-refractivity contribution in [1.29, 1.82) is 0 Å². The van der Waals surface area contributed by atoms with Gasteiger partial charge in [-0.3, -0.25) is 14.8 Å². The van der Waals surface area contributed by atoms with E-state index in [-0.39, 0.29) is 11.8 Å². The van der Waals surface area contributed by atoms with Crippen molar-refractivity contribution in [2.45, 2.75) is 39.0 Å². The van der Waals surface area contributed by atoms with Crippen molar-refractivity contribution >= 4 is 5.91 Å². The van der Waals surface area contributed by atoms with Gasteiger partial charge in [0.2, 0.25) is 0 Å². The number of benzene rings is 1. The van der Waals surface area contributed by atoms with Crippen LogP contribution in [0.2, 0.25) is 0 Å². The third-order valence-electron chi connectivity index (χ3n) is 5.72. The van der Waals surface area contributed by atoms with E-state index in [0.29, 0.717) is 12.1 Å². The van der Waals surface area contributed by atoms with Crippen LogP contribution in [0.3, 0.4) is 0 Å². The number of hydrogen-bond donors (Lipinski definition) is 0. The van der Waals surface area contributed by atoms with Gasteiger partial charge in [-0.1, -0.05) is 24.3 Å². The number of likely N-dealkylation sites (tertiary alicyclic amines) is 1. The van der Waals surface area contributed by atoms with Gasteiger partial charge in [-0.2, -0.15) is 0 Å². The van der Waals surface area contributed by atoms with Crippen molar-refractivity contribution < 1.29 is 4.79 Å². The molecule has 4 rings (SSSR count). The average Bonchev–Trinajstić information content (AvgIpc) is 2.75. The molecule has 1 atom stereocenters. The summed E-state index contributed by atoms with van der Waals surface area (Å²) in [4.78, 5) is 23.7. The maximum Gasteiger partial charge on any atom is 0.255 e. The summed E-state index contributed by atoms with van der Waals surface area (Å²) >= 11 is 0. The highest BCUT2D eigenvalue weighted by Crippen LogP contribution is 2.28. The van der Waals surface area contributed by atoms with Gasteiger partial charge in [0.1, 0.15) is 0 Å². The molecular formula is C25H27N3O. The van der Waals surface area contributed by atoms with Crippen LogP contribution in [-0.4, -0.2) is 33.9 Å². The Bertz CT molecular complexity index is 1000. The van der Waals surface area contributed by atoms with E-state index >= 15 is 0 Å². The van der Waals surface area contributed by atoms with Crippen LogP contribution in [0, 0.1) is 13.8 Å². The molecule has 29 heavy (non-hydrogen) atoms. The van der Waals surface area contributed by atoms with Crippen molar-refractivity contribution in [2.24, 2.45) is 0 Å². The fourth-order valence-electron chi connectivity index (χ4n) is 4.18. The summed E-state index contributed by atoms with van der Waals surface area (Å²) in [6.45, 7) is 5.74. The summed E-state index contributed by atoms with van der Waals surface area (Å²) in [6.07, 6.45) is 6.32. The summed E-state index contributed by atoms with van der Waals surface area (Å²) in [5.74, 6) is 0.343. The Balaban J connectivity index is 1.54. The van der Waals surface area contributed by atoms with E-state index < -0.39 is 0 Å². The lowest BCUT2D eigenvalue weighted by atomic mass is 9.91. The molecule has 1 aromatic carbocycles. The summed E-state index contributed by atoms with van der Waals surface area (Å²) in [7, 11) is 0. The number of piperidine rings is 1. The summed E-state index contributed by atoms with van der Waals surface area (Å²) in [5, 5.41) is 0. The number of aryl methyl sites for hydroxylation is 2. The van der Waals surface area contributed by atoms with Crippen LogP contribution in [0.25, 0.3) is 0 Å². The van der Waals surface area contributed by atoms with Crippen LogP contribution in [0.15, 0.2) is 60.9 Å². The van der Waals surface area contributed by atoms with Crippen molar-refractivity contribution in [1.82, 2.24) is 14.9 Å². The predicted octanol–water partition coefficient (Wildman–Crippen LogP) is 4.70. The zero-order valence-electron chi connectivity index (χ0n) is 17.1. The summed E-state index contributed by atoms with van der Waals surface area (Å²) < 4.78 is 0. The molecule has 0 saturated carbocycles. The van der Waals surface area contributed by atoms with E-state index in [4.69, 9.17) is 4.98 Å². The number of carbonyl (C=O) groups is 1. The molecule has 1 unspecified atom stereocenters. The first-order valence-electron chi connectivity index (χ1n) is 10.3. The smallest absolute Gasteiger partial charge is 0.255 e. The largest absolute Gasteiger partial charge is 0.338 e. The molecule has 4 heteroatoms. The maximum atomic E-state index is 12.9. The lowest BCUT2D eigenvalue weighted by molar-refractivity contribution is 0.0705. The molecule has 0 bridgehead atoms. The first-order chi connectivity index (χ1) is 14.1. The van der Waals surface area contributed by atoms with E-state index in [9.17, 15) is 4.79 Å². The fraction of sp³-hybridized carbons (Fsp3) is 0.320. The van der Waals surface area contributed by atoms with Gasteiger partial charge in [0.05, 0.1) is 5.56 Å². The third-order valence-corrected chi connectivity index (χ3v) is 5.72. The Kier molecular flexibility index (Phi) is 5.70. The van der Waals surface area contributed by atoms with Crippen molar-refractivity contribution in [3.8, 4) is 0 Å². The van der Waals surface area contributed by atoms with Crippen LogP contribution in [-0.2, 0) is 6.42 Å². The Morgan fingerprint density at radius 2 is 2.00 bits per heavy atom. The van der Waals surface area contributed by atoms with Gasteiger partial charge in [0.25, 0.3) is 5.91 Å². The van der Waals surface area contributed by atoms with E-state index in [0.717, 1.165) is 37.2 Å². The van der Waals surface area contributed by atoms with E-state index in [1.54, 1.807) is 12.4 Å². The molecular weight excluding hydrogens is 358 g/mol. The van der Waals surface area contributed by atoms with Crippen LogP contribution in [0.1, 0.15) is 57.2 Å². The van der Waals surface area contributed by atoms with Gasteiger partial charge in [0, 0.05) is 42.8 Å². The van der Waals surface area contributed by atoms with Gasteiger partial charge >= 0.3 is 0 Å². The molecule has 1 fully saturated rings. The number of amides is 1. The average molecular weight is 386 g/mol. The number of nitrogens with zero attached hydrogens (tertiary/aromatic N) is 3. The molecule has 1 amide bonds. The standard InChI is InChI=1S/C25H27N3O/c1-18-7-3-4-8-21(18)14-20-13-19(2)27-24(15-20)23-10-6-12-28(17-23)25(29)22-9-5-11-26-16-22/h3-5,7-9,11,13,15-16,23H,6,10,12,14,17H2,1-2H3. The number of rotatable bonds is 4. The molecule has 1 aliphatic rings. The molecule has 1 aliphatic heterocycles. The van der Waals surface area contributed by atoms with Gasteiger partial charge in [0.15, 0.2) is 0 Å². The van der Waals surface area contributed by atoms with E-state index in [2.05, 4.69) is 55.2 Å². The zero-order valence-corrected chi connectivity index (χ0v) is 17.1. The minimum absolute atomic E-state index is 0.0654. The molecule has 2 aromatic heterocycles. The highest BCUT2D eigenvalue weighted by molar-refractivity contribution is 5.94. The monoisotopic (exact) mass is 385 g/mol.